The molecule has 0 aliphatic carbocycles. The van der Waals surface area contributed by atoms with Gasteiger partial charge in [-0.3, -0.25) is 0 Å². The molecule has 0 saturated carbocycles. The molecule has 0 aliphatic heterocycles. The van der Waals surface area contributed by atoms with Crippen LogP contribution in [0.3, 0.4) is 0 Å². The van der Waals surface area contributed by atoms with E-state index in [1.54, 1.807) is 0 Å². The monoisotopic (exact) mass is 220 g/mol. The highest BCUT2D eigenvalue weighted by Gasteiger charge is 2.22. The Morgan fingerprint density at radius 3 is 2.40 bits per heavy atom. The Bertz CT molecular complexity index is 89.0. The highest BCUT2D eigenvalue weighted by molar-refractivity contribution is 6.48. The van der Waals surface area contributed by atoms with Crippen LogP contribution in [0.4, 0.5) is 0 Å². The maximum atomic E-state index is 5.82. The lowest BCUT2D eigenvalue weighted by Crippen LogP contribution is -2.20. The van der Waals surface area contributed by atoms with E-state index in [9.17, 15) is 0 Å². The van der Waals surface area contributed by atoms with E-state index in [1.165, 1.54) is 0 Å². The van der Waals surface area contributed by atoms with Gasteiger partial charge in [-0.2, -0.15) is 0 Å². The molecule has 0 amide bonds. The largest absolute Gasteiger partial charge is 0.425 e. The van der Waals surface area contributed by atoms with E-state index in [-0.39, 0.29) is 0 Å². The minimum atomic E-state index is -0.726. The quantitative estimate of drug-likeness (QED) is 0.505. The summed E-state index contributed by atoms with van der Waals surface area (Å²) in [6, 6.07) is 0. The first-order chi connectivity index (χ1) is 4.62. The van der Waals surface area contributed by atoms with Crippen molar-refractivity contribution in [2.24, 2.45) is 0 Å². The van der Waals surface area contributed by atoms with Crippen LogP contribution in [0.15, 0.2) is 0 Å². The topological polar surface area (TPSA) is 9.23 Å². The van der Waals surface area contributed by atoms with Crippen molar-refractivity contribution in [3.8, 4) is 0 Å². The molecule has 0 unspecified atom stereocenters. The van der Waals surface area contributed by atoms with Crippen LogP contribution in [0.5, 0.6) is 0 Å². The second-order valence-corrected chi connectivity index (χ2v) is 4.68. The van der Waals surface area contributed by atoms with Gasteiger partial charge in [-0.05, 0) is 12.8 Å². The summed E-state index contributed by atoms with van der Waals surface area (Å²) in [5, 5.41) is 0. The fourth-order valence-electron chi connectivity index (χ4n) is 0.609. The molecule has 0 saturated heterocycles. The lowest BCUT2D eigenvalue weighted by atomic mass is 10.2. The van der Waals surface area contributed by atoms with Crippen LogP contribution in [0, 0.1) is 0 Å². The third kappa shape index (κ3) is 5.80. The summed E-state index contributed by atoms with van der Waals surface area (Å²) in [7, 11) is 0.677. The first-order valence-corrected chi connectivity index (χ1v) is 5.16. The van der Waals surface area contributed by atoms with Crippen molar-refractivity contribution >= 4 is 45.3 Å². The highest BCUT2D eigenvalue weighted by Crippen LogP contribution is 2.26. The Hall–Kier alpha value is 1.05. The summed E-state index contributed by atoms with van der Waals surface area (Å²) in [5.41, 5.74) is 0. The molecule has 62 valence electrons. The summed E-state index contributed by atoms with van der Waals surface area (Å²) < 4.78 is 4.21. The normalized spacial score (nSPS) is 12.3. The lowest BCUT2D eigenvalue weighted by Gasteiger charge is -2.17. The molecule has 0 atom stereocenters. The molecule has 0 heterocycles. The molecule has 1 nitrogen and oxygen atoms in total. The molecule has 0 aromatic carbocycles. The van der Waals surface area contributed by atoms with Crippen molar-refractivity contribution in [2.75, 3.05) is 12.5 Å². The van der Waals surface area contributed by atoms with Gasteiger partial charge in [0, 0.05) is 5.88 Å². The van der Waals surface area contributed by atoms with Gasteiger partial charge in [0.15, 0.2) is 0 Å². The Labute approximate surface area is 79.5 Å². The second kappa shape index (κ2) is 5.67. The molecule has 0 bridgehead atoms. The molecule has 0 spiro atoms. The van der Waals surface area contributed by atoms with Gasteiger partial charge >= 0.3 is 0 Å². The van der Waals surface area contributed by atoms with E-state index < -0.39 is 4.33 Å². The van der Waals surface area contributed by atoms with Gasteiger partial charge in [0.2, 0.25) is 0 Å². The number of hydrogen-bond acceptors (Lipinski definition) is 1. The zero-order chi connectivity index (χ0) is 8.04. The number of halogens is 3. The predicted octanol–water partition coefficient (Wildman–Crippen LogP) is 1.48. The van der Waals surface area contributed by atoms with Gasteiger partial charge in [0.05, 0.1) is 6.61 Å². The SMILES string of the molecule is [SiH3]OCC(Cl)(Cl)CCCCl. The fourth-order valence-corrected chi connectivity index (χ4v) is 2.09. The molecule has 0 aromatic heterocycles. The van der Waals surface area contributed by atoms with Crippen LogP contribution >= 0.6 is 34.8 Å². The van der Waals surface area contributed by atoms with Gasteiger partial charge in [0.25, 0.3) is 0 Å². The second-order valence-electron chi connectivity index (χ2n) is 2.08. The maximum absolute atomic E-state index is 5.82. The van der Waals surface area contributed by atoms with Crippen LogP contribution < -0.4 is 0 Å². The van der Waals surface area contributed by atoms with Crippen LogP contribution in [-0.4, -0.2) is 27.3 Å². The van der Waals surface area contributed by atoms with Crippen molar-refractivity contribution in [1.29, 1.82) is 0 Å². The van der Waals surface area contributed by atoms with Crippen molar-refractivity contribution in [3.05, 3.63) is 0 Å². The van der Waals surface area contributed by atoms with Crippen molar-refractivity contribution in [1.82, 2.24) is 0 Å². The summed E-state index contributed by atoms with van der Waals surface area (Å²) in [4.78, 5) is 0. The van der Waals surface area contributed by atoms with Crippen LogP contribution in [0.1, 0.15) is 12.8 Å². The minimum absolute atomic E-state index is 0.416. The average molecular weight is 222 g/mol. The van der Waals surface area contributed by atoms with Crippen LogP contribution in [-0.2, 0) is 4.43 Å². The minimum Gasteiger partial charge on any atom is -0.425 e. The standard InChI is InChI=1S/C5H11Cl3OSi/c6-3-1-2-5(7,8)4-9-10/h1-4H2,10H3. The van der Waals surface area contributed by atoms with Crippen LogP contribution in [0.25, 0.3) is 0 Å². The van der Waals surface area contributed by atoms with Crippen LogP contribution in [0.2, 0.25) is 0 Å². The summed E-state index contributed by atoms with van der Waals surface area (Å²) in [6.07, 6.45) is 1.53. The molecular formula is C5H11Cl3OSi. The van der Waals surface area contributed by atoms with Gasteiger partial charge in [-0.15, -0.1) is 11.6 Å². The zero-order valence-corrected chi connectivity index (χ0v) is 10.1. The molecule has 0 aliphatic rings. The lowest BCUT2D eigenvalue weighted by molar-refractivity contribution is 0.323. The number of alkyl halides is 3. The molecule has 0 aromatic rings. The maximum Gasteiger partial charge on any atom is 0.146 e. The molecule has 0 radical (unpaired) electrons. The van der Waals surface area contributed by atoms with E-state index >= 15 is 0 Å². The highest BCUT2D eigenvalue weighted by atomic mass is 35.5. The number of rotatable bonds is 5. The molecule has 5 heteroatoms. The molecular weight excluding hydrogens is 210 g/mol. The van der Waals surface area contributed by atoms with Crippen molar-refractivity contribution in [2.45, 2.75) is 17.2 Å². The molecule has 0 N–H and O–H groups in total. The Morgan fingerprint density at radius 1 is 1.40 bits per heavy atom. The third-order valence-corrected chi connectivity index (χ3v) is 2.18. The van der Waals surface area contributed by atoms with E-state index in [0.717, 1.165) is 6.42 Å². The van der Waals surface area contributed by atoms with Gasteiger partial charge < -0.3 is 4.43 Å². The fraction of sp³-hybridized carbons (Fsp3) is 1.00. The molecule has 0 fully saturated rings. The summed E-state index contributed by atoms with van der Waals surface area (Å²) in [5.74, 6) is 0.600. The van der Waals surface area contributed by atoms with E-state index in [0.29, 0.717) is 29.4 Å². The Balaban J connectivity index is 3.42. The average Bonchev–Trinajstić information content (AvgIpc) is 1.84. The number of hydrogen-bond donors (Lipinski definition) is 0. The molecule has 0 rings (SSSR count). The van der Waals surface area contributed by atoms with Gasteiger partial charge in [-0.1, -0.05) is 23.2 Å². The van der Waals surface area contributed by atoms with Crippen molar-refractivity contribution in [3.63, 3.8) is 0 Å². The van der Waals surface area contributed by atoms with Gasteiger partial charge in [0.1, 0.15) is 14.8 Å². The smallest absolute Gasteiger partial charge is 0.146 e. The first kappa shape index (κ1) is 11.0. The van der Waals surface area contributed by atoms with Gasteiger partial charge in [-0.25, -0.2) is 0 Å². The third-order valence-electron chi connectivity index (χ3n) is 1.03. The Kier molecular flexibility index (Phi) is 6.26. The summed E-state index contributed by atoms with van der Waals surface area (Å²) in [6.45, 7) is 0.416. The van der Waals surface area contributed by atoms with E-state index in [4.69, 9.17) is 39.2 Å². The zero-order valence-electron chi connectivity index (χ0n) is 5.87. The predicted molar refractivity (Wildman–Crippen MR) is 50.3 cm³/mol. The first-order valence-electron chi connectivity index (χ1n) is 3.05. The van der Waals surface area contributed by atoms with E-state index in [2.05, 4.69) is 0 Å². The van der Waals surface area contributed by atoms with E-state index in [1.807, 2.05) is 0 Å². The summed E-state index contributed by atoms with van der Waals surface area (Å²) >= 11 is 17.1. The molecule has 10 heavy (non-hydrogen) atoms. The van der Waals surface area contributed by atoms with Crippen molar-refractivity contribution < 1.29 is 4.43 Å². The Morgan fingerprint density at radius 2 is 2.00 bits per heavy atom.